The third-order valence-electron chi connectivity index (χ3n) is 6.01. The van der Waals surface area contributed by atoms with Crippen molar-refractivity contribution in [1.82, 2.24) is 15.2 Å². The van der Waals surface area contributed by atoms with Crippen LogP contribution in [0.1, 0.15) is 74.5 Å². The van der Waals surface area contributed by atoms with E-state index < -0.39 is 11.6 Å². The summed E-state index contributed by atoms with van der Waals surface area (Å²) in [5.41, 5.74) is 1.91. The molecule has 2 N–H and O–H groups in total. The van der Waals surface area contributed by atoms with Gasteiger partial charge in [-0.1, -0.05) is 43.2 Å². The fourth-order valence-electron chi connectivity index (χ4n) is 4.55. The van der Waals surface area contributed by atoms with Gasteiger partial charge in [0.25, 0.3) is 11.8 Å². The lowest BCUT2D eigenvalue weighted by molar-refractivity contribution is -0.128. The molecule has 6 heteroatoms. The van der Waals surface area contributed by atoms with Crippen LogP contribution in [-0.4, -0.2) is 33.3 Å². The summed E-state index contributed by atoms with van der Waals surface area (Å²) in [5.74, 6) is 0.784. The van der Waals surface area contributed by atoms with Crippen molar-refractivity contribution < 1.29 is 14.0 Å². The molecule has 1 atom stereocenters. The van der Waals surface area contributed by atoms with Crippen LogP contribution >= 0.6 is 0 Å². The first-order valence-electron chi connectivity index (χ1n) is 11.7. The van der Waals surface area contributed by atoms with E-state index in [0.717, 1.165) is 36.9 Å². The number of aromatic amines is 1. The molecule has 33 heavy (non-hydrogen) atoms. The molecular formula is C27H33N3O3. The van der Waals surface area contributed by atoms with E-state index in [-0.39, 0.29) is 17.9 Å². The second-order valence-corrected chi connectivity index (χ2v) is 9.89. The molecule has 0 saturated heterocycles. The maximum atomic E-state index is 13.9. The molecule has 2 amide bonds. The Morgan fingerprint density at radius 3 is 2.33 bits per heavy atom. The number of hydrogen-bond acceptors (Lipinski definition) is 3. The van der Waals surface area contributed by atoms with E-state index in [0.29, 0.717) is 17.2 Å². The Morgan fingerprint density at radius 2 is 1.73 bits per heavy atom. The highest BCUT2D eigenvalue weighted by Gasteiger charge is 2.41. The molecule has 6 nitrogen and oxygen atoms in total. The zero-order valence-corrected chi connectivity index (χ0v) is 19.9. The lowest BCUT2D eigenvalue weighted by Gasteiger charge is -2.36. The Morgan fingerprint density at radius 1 is 1.03 bits per heavy atom. The van der Waals surface area contributed by atoms with Gasteiger partial charge in [0.15, 0.2) is 6.04 Å². The molecule has 0 aliphatic heterocycles. The molecule has 0 bridgehead atoms. The number of rotatable bonds is 6. The minimum absolute atomic E-state index is 0.0258. The van der Waals surface area contributed by atoms with Crippen molar-refractivity contribution in [2.24, 2.45) is 0 Å². The third-order valence-corrected chi connectivity index (χ3v) is 6.01. The van der Waals surface area contributed by atoms with Gasteiger partial charge in [-0.25, -0.2) is 0 Å². The summed E-state index contributed by atoms with van der Waals surface area (Å²) < 4.78 is 5.92. The summed E-state index contributed by atoms with van der Waals surface area (Å²) in [6.45, 7) is 7.66. The molecule has 2 aromatic heterocycles. The van der Waals surface area contributed by atoms with Gasteiger partial charge in [-0.3, -0.25) is 9.59 Å². The van der Waals surface area contributed by atoms with Crippen LogP contribution in [0.3, 0.4) is 0 Å². The number of aryl methyl sites for hydroxylation is 1. The summed E-state index contributed by atoms with van der Waals surface area (Å²) in [5, 5.41) is 3.07. The largest absolute Gasteiger partial charge is 0.464 e. The molecule has 1 fully saturated rings. The smallest absolute Gasteiger partial charge is 0.271 e. The predicted octanol–water partition coefficient (Wildman–Crippen LogP) is 5.62. The van der Waals surface area contributed by atoms with Gasteiger partial charge in [0.2, 0.25) is 0 Å². The van der Waals surface area contributed by atoms with E-state index in [4.69, 9.17) is 4.42 Å². The lowest BCUT2D eigenvalue weighted by atomic mass is 10.0. The second kappa shape index (κ2) is 9.30. The number of carbonyl (C=O) groups excluding carboxylic acids is 2. The Labute approximate surface area is 195 Å². The van der Waals surface area contributed by atoms with Crippen LogP contribution in [0, 0.1) is 6.92 Å². The summed E-state index contributed by atoms with van der Waals surface area (Å²) in [6, 6.07) is 16.4. The number of carbonyl (C=O) groups is 2. The summed E-state index contributed by atoms with van der Waals surface area (Å²) in [7, 11) is 0. The maximum absolute atomic E-state index is 13.9. The first-order chi connectivity index (χ1) is 15.7. The summed E-state index contributed by atoms with van der Waals surface area (Å²) in [6.07, 6.45) is 3.83. The normalized spacial score (nSPS) is 15.4. The Hall–Kier alpha value is -3.28. The topological polar surface area (TPSA) is 78.3 Å². The van der Waals surface area contributed by atoms with Crippen LogP contribution in [0.25, 0.3) is 11.3 Å². The van der Waals surface area contributed by atoms with E-state index in [1.165, 1.54) is 0 Å². The Balaban J connectivity index is 1.73. The molecule has 1 saturated carbocycles. The molecule has 174 valence electrons. The van der Waals surface area contributed by atoms with Crippen molar-refractivity contribution in [2.75, 3.05) is 0 Å². The van der Waals surface area contributed by atoms with Crippen molar-refractivity contribution in [3.05, 3.63) is 71.8 Å². The number of hydrogen-bond donors (Lipinski definition) is 2. The second-order valence-electron chi connectivity index (χ2n) is 9.89. The molecule has 1 aliphatic rings. The predicted molar refractivity (Wildman–Crippen MR) is 129 cm³/mol. The highest BCUT2D eigenvalue weighted by molar-refractivity contribution is 5.97. The number of benzene rings is 1. The van der Waals surface area contributed by atoms with Crippen molar-refractivity contribution in [1.29, 1.82) is 0 Å². The van der Waals surface area contributed by atoms with Gasteiger partial charge in [-0.15, -0.1) is 0 Å². The van der Waals surface area contributed by atoms with Gasteiger partial charge >= 0.3 is 0 Å². The minimum atomic E-state index is -0.836. The van der Waals surface area contributed by atoms with Crippen molar-refractivity contribution in [3.8, 4) is 11.3 Å². The molecule has 0 unspecified atom stereocenters. The number of H-pyrrole nitrogens is 1. The van der Waals surface area contributed by atoms with Crippen molar-refractivity contribution in [2.45, 2.75) is 71.0 Å². The van der Waals surface area contributed by atoms with E-state index in [1.54, 1.807) is 11.0 Å². The number of aromatic nitrogens is 1. The van der Waals surface area contributed by atoms with Crippen LogP contribution in [0.4, 0.5) is 0 Å². The van der Waals surface area contributed by atoms with Crippen molar-refractivity contribution in [3.63, 3.8) is 0 Å². The number of furan rings is 1. The average Bonchev–Trinajstić information content (AvgIpc) is 3.52. The van der Waals surface area contributed by atoms with Gasteiger partial charge in [0.05, 0.1) is 0 Å². The van der Waals surface area contributed by atoms with Crippen LogP contribution < -0.4 is 5.32 Å². The third kappa shape index (κ3) is 5.21. The summed E-state index contributed by atoms with van der Waals surface area (Å²) in [4.78, 5) is 32.5. The molecule has 1 aliphatic carbocycles. The van der Waals surface area contributed by atoms with E-state index in [1.807, 2.05) is 76.2 Å². The van der Waals surface area contributed by atoms with Gasteiger partial charge in [-0.2, -0.15) is 0 Å². The van der Waals surface area contributed by atoms with Gasteiger partial charge in [0.1, 0.15) is 17.2 Å². The van der Waals surface area contributed by atoms with Crippen LogP contribution in [0.5, 0.6) is 0 Å². The first kappa shape index (κ1) is 22.9. The van der Waals surface area contributed by atoms with E-state index >= 15 is 0 Å². The number of amides is 2. The summed E-state index contributed by atoms with van der Waals surface area (Å²) >= 11 is 0. The maximum Gasteiger partial charge on any atom is 0.271 e. The van der Waals surface area contributed by atoms with Crippen LogP contribution in [0.2, 0.25) is 0 Å². The fraction of sp³-hybridized carbons (Fsp3) is 0.407. The molecule has 1 aromatic carbocycles. The van der Waals surface area contributed by atoms with Crippen molar-refractivity contribution >= 4 is 11.8 Å². The van der Waals surface area contributed by atoms with E-state index in [2.05, 4.69) is 10.3 Å². The highest BCUT2D eigenvalue weighted by atomic mass is 16.3. The van der Waals surface area contributed by atoms with Crippen LogP contribution in [-0.2, 0) is 4.79 Å². The highest BCUT2D eigenvalue weighted by Crippen LogP contribution is 2.34. The monoisotopic (exact) mass is 447 g/mol. The van der Waals surface area contributed by atoms with E-state index in [9.17, 15) is 9.59 Å². The molecule has 0 spiro atoms. The zero-order valence-electron chi connectivity index (χ0n) is 19.9. The SMILES string of the molecule is Cc1ccc([C@H](C(=O)NC(C)(C)C)N(C(=O)c2ccc(-c3ccccc3)[nH]2)C2CCCC2)o1. The minimum Gasteiger partial charge on any atom is -0.464 e. The van der Waals surface area contributed by atoms with Gasteiger partial charge < -0.3 is 19.6 Å². The Bertz CT molecular complexity index is 1100. The molecule has 4 rings (SSSR count). The lowest BCUT2D eigenvalue weighted by Crippen LogP contribution is -2.51. The standard InChI is InChI=1S/C27H33N3O3/c1-18-14-17-23(33-18)24(25(31)29-27(2,3)4)30(20-12-8-9-13-20)26(32)22-16-15-21(28-22)19-10-6-5-7-11-19/h5-7,10-11,14-17,20,24,28H,8-9,12-13H2,1-4H3,(H,29,31)/t24-/m1/s1. The zero-order chi connectivity index (χ0) is 23.6. The van der Waals surface area contributed by atoms with Crippen LogP contribution in [0.15, 0.2) is 59.0 Å². The average molecular weight is 448 g/mol. The Kier molecular flexibility index (Phi) is 6.45. The molecule has 0 radical (unpaired) electrons. The quantitative estimate of drug-likeness (QED) is 0.514. The number of nitrogens with zero attached hydrogens (tertiary/aromatic N) is 1. The molecular weight excluding hydrogens is 414 g/mol. The fourth-order valence-corrected chi connectivity index (χ4v) is 4.55. The number of nitrogens with one attached hydrogen (secondary N) is 2. The van der Waals surface area contributed by atoms with Gasteiger partial charge in [0, 0.05) is 17.3 Å². The molecule has 2 heterocycles. The molecule has 3 aromatic rings. The van der Waals surface area contributed by atoms with Gasteiger partial charge in [-0.05, 0) is 70.4 Å². The first-order valence-corrected chi connectivity index (χ1v) is 11.7.